The van der Waals surface area contributed by atoms with Gasteiger partial charge in [0.2, 0.25) is 5.43 Å². The number of para-hydroxylation sites is 1. The number of nitrogens with zero attached hydrogens (tertiary/aromatic N) is 1. The number of ether oxygens (including phenoxy) is 2. The van der Waals surface area contributed by atoms with Gasteiger partial charge in [0, 0.05) is 28.9 Å². The zero-order valence-corrected chi connectivity index (χ0v) is 12.3. The minimum absolute atomic E-state index is 0.0665. The molecule has 108 valence electrons. The Bertz CT molecular complexity index is 880. The van der Waals surface area contributed by atoms with E-state index < -0.39 is 0 Å². The summed E-state index contributed by atoms with van der Waals surface area (Å²) in [5.74, 6) is 1.01. The number of hydrogen-bond donors (Lipinski definition) is 0. The average Bonchev–Trinajstić information content (AvgIpc) is 2.76. The second-order valence-corrected chi connectivity index (χ2v) is 4.81. The molecule has 0 N–H and O–H groups in total. The molecule has 0 saturated carbocycles. The fraction of sp³-hybridized carbons (Fsp3) is 0.235. The molecular weight excluding hydrogens is 266 g/mol. The summed E-state index contributed by atoms with van der Waals surface area (Å²) in [6.45, 7) is 2.76. The molecule has 0 aliphatic rings. The molecule has 0 atom stereocenters. The standard InChI is InChI=1S/C17H17NO3/c1-4-18-13-8-6-5-7-11(13)12-9-15(20-2)16(21-3)10-14(19)17(12)18/h5-10H,4H2,1-3H3. The molecule has 0 aliphatic carbocycles. The largest absolute Gasteiger partial charge is 0.493 e. The molecule has 4 nitrogen and oxygen atoms in total. The molecule has 2 aromatic carbocycles. The number of methoxy groups -OCH3 is 2. The topological polar surface area (TPSA) is 40.5 Å². The third kappa shape index (κ3) is 1.95. The van der Waals surface area contributed by atoms with Gasteiger partial charge in [-0.2, -0.15) is 0 Å². The van der Waals surface area contributed by atoms with Crippen LogP contribution in [0.5, 0.6) is 11.5 Å². The summed E-state index contributed by atoms with van der Waals surface area (Å²) in [5.41, 5.74) is 1.67. The van der Waals surface area contributed by atoms with Crippen molar-refractivity contribution in [3.05, 3.63) is 46.6 Å². The van der Waals surface area contributed by atoms with E-state index in [9.17, 15) is 4.79 Å². The van der Waals surface area contributed by atoms with Gasteiger partial charge in [0.15, 0.2) is 11.5 Å². The quantitative estimate of drug-likeness (QED) is 0.741. The van der Waals surface area contributed by atoms with Crippen molar-refractivity contribution < 1.29 is 9.47 Å². The molecule has 1 aromatic heterocycles. The second-order valence-electron chi connectivity index (χ2n) is 4.81. The van der Waals surface area contributed by atoms with E-state index in [-0.39, 0.29) is 5.43 Å². The van der Waals surface area contributed by atoms with Crippen molar-refractivity contribution in [2.45, 2.75) is 13.5 Å². The maximum absolute atomic E-state index is 12.6. The summed E-state index contributed by atoms with van der Waals surface area (Å²) in [4.78, 5) is 12.6. The summed E-state index contributed by atoms with van der Waals surface area (Å²) in [5, 5.41) is 1.93. The molecular formula is C17H17NO3. The molecule has 4 heteroatoms. The first-order chi connectivity index (χ1) is 10.2. The lowest BCUT2D eigenvalue weighted by Crippen LogP contribution is -2.04. The Morgan fingerprint density at radius 3 is 2.33 bits per heavy atom. The van der Waals surface area contributed by atoms with E-state index in [0.29, 0.717) is 17.0 Å². The SMILES string of the molecule is CCn1c2ccccc2c2cc(OC)c(OC)cc(=O)c21. The zero-order valence-electron chi connectivity index (χ0n) is 12.3. The van der Waals surface area contributed by atoms with Crippen LogP contribution in [0.15, 0.2) is 41.2 Å². The van der Waals surface area contributed by atoms with E-state index in [0.717, 1.165) is 22.8 Å². The molecule has 3 aromatic rings. The van der Waals surface area contributed by atoms with E-state index in [1.165, 1.54) is 13.2 Å². The van der Waals surface area contributed by atoms with Crippen molar-refractivity contribution in [2.24, 2.45) is 0 Å². The normalized spacial score (nSPS) is 11.0. The van der Waals surface area contributed by atoms with Gasteiger partial charge in [-0.15, -0.1) is 0 Å². The van der Waals surface area contributed by atoms with Gasteiger partial charge in [0.25, 0.3) is 0 Å². The number of benzene rings is 1. The van der Waals surface area contributed by atoms with Crippen LogP contribution in [-0.4, -0.2) is 18.8 Å². The summed E-state index contributed by atoms with van der Waals surface area (Å²) in [7, 11) is 3.11. The first kappa shape index (κ1) is 13.5. The molecule has 0 fully saturated rings. The van der Waals surface area contributed by atoms with E-state index in [4.69, 9.17) is 9.47 Å². The highest BCUT2D eigenvalue weighted by Crippen LogP contribution is 2.32. The highest BCUT2D eigenvalue weighted by molar-refractivity contribution is 6.08. The van der Waals surface area contributed by atoms with Gasteiger partial charge in [-0.1, -0.05) is 18.2 Å². The number of hydrogen-bond acceptors (Lipinski definition) is 3. The molecule has 0 spiro atoms. The Kier molecular flexibility index (Phi) is 3.29. The predicted molar refractivity (Wildman–Crippen MR) is 84.5 cm³/mol. The molecule has 0 aliphatic heterocycles. The Morgan fingerprint density at radius 1 is 1.00 bits per heavy atom. The van der Waals surface area contributed by atoms with Crippen LogP contribution in [0.4, 0.5) is 0 Å². The zero-order chi connectivity index (χ0) is 15.0. The average molecular weight is 283 g/mol. The van der Waals surface area contributed by atoms with Crippen molar-refractivity contribution in [3.8, 4) is 11.5 Å². The van der Waals surface area contributed by atoms with Crippen LogP contribution in [0.25, 0.3) is 21.8 Å². The van der Waals surface area contributed by atoms with Crippen LogP contribution in [-0.2, 0) is 6.54 Å². The fourth-order valence-electron chi connectivity index (χ4n) is 2.85. The smallest absolute Gasteiger partial charge is 0.206 e. The maximum Gasteiger partial charge on any atom is 0.206 e. The summed E-state index contributed by atoms with van der Waals surface area (Å²) < 4.78 is 12.7. The molecule has 0 radical (unpaired) electrons. The summed E-state index contributed by atoms with van der Waals surface area (Å²) >= 11 is 0. The van der Waals surface area contributed by atoms with Gasteiger partial charge in [0.1, 0.15) is 0 Å². The van der Waals surface area contributed by atoms with E-state index in [1.54, 1.807) is 7.11 Å². The van der Waals surface area contributed by atoms with Crippen molar-refractivity contribution in [1.29, 1.82) is 0 Å². The number of rotatable bonds is 3. The van der Waals surface area contributed by atoms with E-state index in [1.807, 2.05) is 41.8 Å². The molecule has 0 saturated heterocycles. The molecule has 1 heterocycles. The highest BCUT2D eigenvalue weighted by atomic mass is 16.5. The molecule has 0 bridgehead atoms. The fourth-order valence-corrected chi connectivity index (χ4v) is 2.85. The monoisotopic (exact) mass is 283 g/mol. The Labute approximate surface area is 122 Å². The molecule has 3 rings (SSSR count). The molecule has 21 heavy (non-hydrogen) atoms. The van der Waals surface area contributed by atoms with Crippen molar-refractivity contribution in [1.82, 2.24) is 4.57 Å². The molecule has 0 unspecified atom stereocenters. The van der Waals surface area contributed by atoms with Crippen LogP contribution >= 0.6 is 0 Å². The Hall–Kier alpha value is -2.49. The third-order valence-corrected chi connectivity index (χ3v) is 3.78. The number of aryl methyl sites for hydroxylation is 1. The van der Waals surface area contributed by atoms with Gasteiger partial charge in [-0.3, -0.25) is 4.79 Å². The predicted octanol–water partition coefficient (Wildman–Crippen LogP) is 3.19. The molecule has 0 amide bonds. The minimum atomic E-state index is -0.0665. The maximum atomic E-state index is 12.6. The van der Waals surface area contributed by atoms with E-state index in [2.05, 4.69) is 0 Å². The van der Waals surface area contributed by atoms with E-state index >= 15 is 0 Å². The van der Waals surface area contributed by atoms with Gasteiger partial charge in [-0.25, -0.2) is 0 Å². The van der Waals surface area contributed by atoms with Gasteiger partial charge >= 0.3 is 0 Å². The van der Waals surface area contributed by atoms with Crippen molar-refractivity contribution >= 4 is 21.8 Å². The number of aromatic nitrogens is 1. The lowest BCUT2D eigenvalue weighted by molar-refractivity contribution is 0.356. The van der Waals surface area contributed by atoms with Crippen molar-refractivity contribution in [3.63, 3.8) is 0 Å². The highest BCUT2D eigenvalue weighted by Gasteiger charge is 2.14. The third-order valence-electron chi connectivity index (χ3n) is 3.78. The lowest BCUT2D eigenvalue weighted by Gasteiger charge is -2.02. The van der Waals surface area contributed by atoms with Crippen LogP contribution < -0.4 is 14.9 Å². The first-order valence-corrected chi connectivity index (χ1v) is 6.88. The van der Waals surface area contributed by atoms with Crippen LogP contribution in [0, 0.1) is 0 Å². The van der Waals surface area contributed by atoms with Gasteiger partial charge in [0.05, 0.1) is 19.7 Å². The first-order valence-electron chi connectivity index (χ1n) is 6.88. The van der Waals surface area contributed by atoms with Crippen LogP contribution in [0.3, 0.4) is 0 Å². The minimum Gasteiger partial charge on any atom is -0.493 e. The summed E-state index contributed by atoms with van der Waals surface area (Å²) in [6, 6.07) is 11.4. The lowest BCUT2D eigenvalue weighted by atomic mass is 10.2. The second kappa shape index (κ2) is 5.13. The van der Waals surface area contributed by atoms with Crippen LogP contribution in [0.1, 0.15) is 6.92 Å². The van der Waals surface area contributed by atoms with Crippen LogP contribution in [0.2, 0.25) is 0 Å². The van der Waals surface area contributed by atoms with Gasteiger partial charge in [-0.05, 0) is 19.1 Å². The summed E-state index contributed by atoms with van der Waals surface area (Å²) in [6.07, 6.45) is 0. The number of fused-ring (bicyclic) bond motifs is 3. The van der Waals surface area contributed by atoms with Crippen molar-refractivity contribution in [2.75, 3.05) is 14.2 Å². The Balaban J connectivity index is 2.62. The Morgan fingerprint density at radius 2 is 1.67 bits per heavy atom. The van der Waals surface area contributed by atoms with Gasteiger partial charge < -0.3 is 14.0 Å².